The summed E-state index contributed by atoms with van der Waals surface area (Å²) in [6, 6.07) is 11.5. The number of allylic oxidation sites excluding steroid dienone is 3. The van der Waals surface area contributed by atoms with Gasteiger partial charge in [0.2, 0.25) is 5.91 Å². The molecule has 0 unspecified atom stereocenters. The van der Waals surface area contributed by atoms with Gasteiger partial charge < -0.3 is 5.32 Å². The van der Waals surface area contributed by atoms with E-state index in [1.54, 1.807) is 55.7 Å². The van der Waals surface area contributed by atoms with E-state index < -0.39 is 22.5 Å². The summed E-state index contributed by atoms with van der Waals surface area (Å²) >= 11 is 6.25. The third kappa shape index (κ3) is 5.75. The Labute approximate surface area is 193 Å². The van der Waals surface area contributed by atoms with Crippen molar-refractivity contribution in [1.82, 2.24) is 5.32 Å². The van der Waals surface area contributed by atoms with Gasteiger partial charge in [0.05, 0.1) is 10.6 Å². The van der Waals surface area contributed by atoms with Crippen molar-refractivity contribution in [3.05, 3.63) is 94.7 Å². The molecule has 2 aromatic rings. The van der Waals surface area contributed by atoms with Crippen LogP contribution >= 0.6 is 11.6 Å². The molecule has 166 valence electrons. The van der Waals surface area contributed by atoms with E-state index >= 15 is 0 Å². The van der Waals surface area contributed by atoms with Crippen molar-refractivity contribution in [2.24, 2.45) is 4.99 Å². The summed E-state index contributed by atoms with van der Waals surface area (Å²) < 4.78 is 28.1. The molecule has 0 saturated heterocycles. The van der Waals surface area contributed by atoms with Gasteiger partial charge in [0.15, 0.2) is 0 Å². The predicted octanol–water partition coefficient (Wildman–Crippen LogP) is 4.35. The molecule has 0 bridgehead atoms. The second-order valence-electron chi connectivity index (χ2n) is 7.23. The van der Waals surface area contributed by atoms with Gasteiger partial charge in [0.1, 0.15) is 6.54 Å². The Kier molecular flexibility index (Phi) is 7.66. The van der Waals surface area contributed by atoms with Crippen molar-refractivity contribution in [2.75, 3.05) is 17.4 Å². The van der Waals surface area contributed by atoms with Gasteiger partial charge in [-0.25, -0.2) is 8.42 Å². The van der Waals surface area contributed by atoms with E-state index in [2.05, 4.69) is 10.3 Å². The number of aryl methyl sites for hydroxylation is 1. The minimum Gasteiger partial charge on any atom is -0.350 e. The van der Waals surface area contributed by atoms with Crippen LogP contribution in [-0.2, 0) is 14.8 Å². The highest BCUT2D eigenvalue weighted by atomic mass is 35.5. The topological polar surface area (TPSA) is 78.8 Å². The molecule has 0 spiro atoms. The van der Waals surface area contributed by atoms with Crippen molar-refractivity contribution in [2.45, 2.75) is 18.7 Å². The molecule has 0 radical (unpaired) electrons. The SMILES string of the molecule is Cc1ccc(S(=O)(=O)N(CC(=O)NCC2=CN=C/C=C/C=C2)c2cccc(Cl)c2C)cc1. The fourth-order valence-electron chi connectivity index (χ4n) is 3.02. The highest BCUT2D eigenvalue weighted by Crippen LogP contribution is 2.30. The zero-order valence-electron chi connectivity index (χ0n) is 17.8. The molecule has 0 aliphatic carbocycles. The molecule has 32 heavy (non-hydrogen) atoms. The van der Waals surface area contributed by atoms with Gasteiger partial charge in [-0.1, -0.05) is 53.6 Å². The van der Waals surface area contributed by atoms with Crippen LogP contribution in [0.15, 0.2) is 88.4 Å². The van der Waals surface area contributed by atoms with Crippen LogP contribution in [0.2, 0.25) is 5.02 Å². The van der Waals surface area contributed by atoms with E-state index in [-0.39, 0.29) is 11.4 Å². The number of hydrogen-bond donors (Lipinski definition) is 1. The average Bonchev–Trinajstić information content (AvgIpc) is 2.74. The maximum Gasteiger partial charge on any atom is 0.264 e. The van der Waals surface area contributed by atoms with E-state index in [0.717, 1.165) is 15.4 Å². The Hall–Kier alpha value is -3.16. The molecule has 1 aliphatic rings. The summed E-state index contributed by atoms with van der Waals surface area (Å²) in [7, 11) is -4.01. The van der Waals surface area contributed by atoms with Gasteiger partial charge in [-0.05, 0) is 55.3 Å². The highest BCUT2D eigenvalue weighted by molar-refractivity contribution is 7.92. The standard InChI is InChI=1S/C24H24ClN3O3S/c1-18-10-12-21(13-11-18)32(30,31)28(23-9-6-8-22(25)19(23)2)17-24(29)27-16-20-7-4-3-5-14-26-15-20/h3-15H,16-17H2,1-2H3,(H,27,29)/b4-3?,5-3+,7-4?,14-5?,20-7?,20-15?,26-14?,26-15?. The van der Waals surface area contributed by atoms with Crippen LogP contribution in [0.4, 0.5) is 5.69 Å². The number of amides is 1. The maximum absolute atomic E-state index is 13.5. The van der Waals surface area contributed by atoms with Crippen LogP contribution in [-0.4, -0.2) is 33.6 Å². The van der Waals surface area contributed by atoms with Crippen LogP contribution in [0, 0.1) is 13.8 Å². The maximum atomic E-state index is 13.5. The number of halogens is 1. The van der Waals surface area contributed by atoms with E-state index in [0.29, 0.717) is 16.3 Å². The van der Waals surface area contributed by atoms with Crippen molar-refractivity contribution in [3.63, 3.8) is 0 Å². The number of carbonyl (C=O) groups excluding carboxylic acids is 1. The molecule has 2 aromatic carbocycles. The molecule has 6 nitrogen and oxygen atoms in total. The number of nitrogens with zero attached hydrogens (tertiary/aromatic N) is 2. The number of nitrogens with one attached hydrogen (secondary N) is 1. The lowest BCUT2D eigenvalue weighted by atomic mass is 10.2. The van der Waals surface area contributed by atoms with Crippen LogP contribution in [0.3, 0.4) is 0 Å². The Morgan fingerprint density at radius 1 is 1.06 bits per heavy atom. The Bertz CT molecular complexity index is 1210. The molecule has 1 aliphatic heterocycles. The Morgan fingerprint density at radius 3 is 2.56 bits per heavy atom. The molecule has 0 aromatic heterocycles. The monoisotopic (exact) mass is 469 g/mol. The summed E-state index contributed by atoms with van der Waals surface area (Å²) in [4.78, 5) is 17.0. The predicted molar refractivity (Wildman–Crippen MR) is 130 cm³/mol. The third-order valence-corrected chi connectivity index (χ3v) is 7.02. The van der Waals surface area contributed by atoms with Crippen molar-refractivity contribution >= 4 is 39.4 Å². The summed E-state index contributed by atoms with van der Waals surface area (Å²) in [5, 5.41) is 3.19. The van der Waals surface area contributed by atoms with E-state index in [1.165, 1.54) is 12.1 Å². The number of benzene rings is 2. The number of aliphatic imine (C=N–C) groups is 1. The highest BCUT2D eigenvalue weighted by Gasteiger charge is 2.28. The summed E-state index contributed by atoms with van der Waals surface area (Å²) in [5.74, 6) is -0.448. The lowest BCUT2D eigenvalue weighted by molar-refractivity contribution is -0.119. The van der Waals surface area contributed by atoms with Crippen molar-refractivity contribution in [1.29, 1.82) is 0 Å². The first-order chi connectivity index (χ1) is 15.3. The average molecular weight is 470 g/mol. The molecule has 1 heterocycles. The van der Waals surface area contributed by atoms with Gasteiger partial charge in [0, 0.05) is 24.0 Å². The largest absolute Gasteiger partial charge is 0.350 e. The van der Waals surface area contributed by atoms with Crippen LogP contribution in [0.1, 0.15) is 11.1 Å². The summed E-state index contributed by atoms with van der Waals surface area (Å²) in [6.45, 7) is 3.43. The van der Waals surface area contributed by atoms with Crippen LogP contribution in [0.25, 0.3) is 0 Å². The number of rotatable bonds is 7. The molecule has 3 rings (SSSR count). The molecule has 0 atom stereocenters. The molecular formula is C24H24ClN3O3S. The first-order valence-corrected chi connectivity index (χ1v) is 11.8. The molecule has 0 saturated carbocycles. The van der Waals surface area contributed by atoms with Gasteiger partial charge in [-0.2, -0.15) is 0 Å². The minimum atomic E-state index is -4.01. The van der Waals surface area contributed by atoms with E-state index in [4.69, 9.17) is 11.6 Å². The number of carbonyl (C=O) groups is 1. The minimum absolute atomic E-state index is 0.0991. The molecular weight excluding hydrogens is 446 g/mol. The molecule has 8 heteroatoms. The number of sulfonamides is 1. The quantitative estimate of drug-likeness (QED) is 0.654. The zero-order chi connectivity index (χ0) is 23.1. The van der Waals surface area contributed by atoms with Crippen LogP contribution in [0.5, 0.6) is 0 Å². The van der Waals surface area contributed by atoms with Gasteiger partial charge in [0.25, 0.3) is 10.0 Å². The van der Waals surface area contributed by atoms with Gasteiger partial charge in [-0.3, -0.25) is 14.1 Å². The number of anilines is 1. The smallest absolute Gasteiger partial charge is 0.264 e. The molecule has 0 fully saturated rings. The summed E-state index contributed by atoms with van der Waals surface area (Å²) in [6.07, 6.45) is 10.6. The Balaban J connectivity index is 1.88. The lowest BCUT2D eigenvalue weighted by Crippen LogP contribution is -2.41. The van der Waals surface area contributed by atoms with Crippen molar-refractivity contribution < 1.29 is 13.2 Å². The fraction of sp³-hybridized carbons (Fsp3) is 0.167. The van der Waals surface area contributed by atoms with Gasteiger partial charge >= 0.3 is 0 Å². The fourth-order valence-corrected chi connectivity index (χ4v) is 4.67. The van der Waals surface area contributed by atoms with Crippen molar-refractivity contribution in [3.8, 4) is 0 Å². The zero-order valence-corrected chi connectivity index (χ0v) is 19.4. The third-order valence-electron chi connectivity index (χ3n) is 4.84. The Morgan fingerprint density at radius 2 is 1.81 bits per heavy atom. The van der Waals surface area contributed by atoms with E-state index in [1.807, 2.05) is 25.2 Å². The second kappa shape index (κ2) is 10.4. The number of hydrogen-bond acceptors (Lipinski definition) is 4. The normalized spacial score (nSPS) is 14.3. The first kappa shape index (κ1) is 23.5. The lowest BCUT2D eigenvalue weighted by Gasteiger charge is -2.26. The summed E-state index contributed by atoms with van der Waals surface area (Å²) in [5.41, 5.74) is 2.65. The second-order valence-corrected chi connectivity index (χ2v) is 9.50. The van der Waals surface area contributed by atoms with Crippen LogP contribution < -0.4 is 9.62 Å². The molecule has 1 N–H and O–H groups in total. The van der Waals surface area contributed by atoms with Gasteiger partial charge in [-0.15, -0.1) is 0 Å². The first-order valence-electron chi connectivity index (χ1n) is 9.96. The van der Waals surface area contributed by atoms with E-state index in [9.17, 15) is 13.2 Å². The molecule has 1 amide bonds.